The zero-order valence-corrected chi connectivity index (χ0v) is 12.9. The Kier molecular flexibility index (Phi) is 4.75. The van der Waals surface area contributed by atoms with Gasteiger partial charge in [0.25, 0.3) is 0 Å². The van der Waals surface area contributed by atoms with Crippen LogP contribution in [-0.4, -0.2) is 55.2 Å². The summed E-state index contributed by atoms with van der Waals surface area (Å²) in [5, 5.41) is 0. The number of aliphatic imine (C=N–C) groups is 1. The van der Waals surface area contributed by atoms with E-state index in [1.165, 1.54) is 5.56 Å². The number of guanidine groups is 1. The van der Waals surface area contributed by atoms with Crippen LogP contribution in [0.15, 0.2) is 23.2 Å². The number of thioether (sulfide) groups is 1. The fourth-order valence-electron chi connectivity index (χ4n) is 2.44. The largest absolute Gasteiger partial charge is 0.486 e. The van der Waals surface area contributed by atoms with Crippen molar-refractivity contribution in [3.8, 4) is 11.5 Å². The van der Waals surface area contributed by atoms with Crippen molar-refractivity contribution >= 4 is 17.7 Å². The molecule has 3 rings (SSSR count). The van der Waals surface area contributed by atoms with E-state index < -0.39 is 0 Å². The first kappa shape index (κ1) is 14.4. The molecule has 1 saturated heterocycles. The van der Waals surface area contributed by atoms with Crippen LogP contribution >= 0.6 is 11.8 Å². The maximum atomic E-state index is 6.05. The van der Waals surface area contributed by atoms with Crippen LogP contribution in [-0.2, 0) is 6.42 Å². The topological polar surface area (TPSA) is 60.1 Å². The number of hydrogen-bond acceptors (Lipinski definition) is 4. The monoisotopic (exact) mass is 307 g/mol. The maximum absolute atomic E-state index is 6.05. The van der Waals surface area contributed by atoms with Gasteiger partial charge in [-0.05, 0) is 24.1 Å². The number of rotatable bonds is 3. The second-order valence-electron chi connectivity index (χ2n) is 5.07. The number of hydrogen-bond donors (Lipinski definition) is 1. The van der Waals surface area contributed by atoms with Crippen LogP contribution in [0.2, 0.25) is 0 Å². The molecular weight excluding hydrogens is 286 g/mol. The molecule has 2 aliphatic rings. The molecule has 5 nitrogen and oxygen atoms in total. The molecule has 0 amide bonds. The number of fused-ring (bicyclic) bond motifs is 1. The fraction of sp³-hybridized carbons (Fsp3) is 0.533. The smallest absolute Gasteiger partial charge is 0.191 e. The molecule has 0 aromatic heterocycles. The van der Waals surface area contributed by atoms with E-state index in [4.69, 9.17) is 15.2 Å². The van der Waals surface area contributed by atoms with E-state index in [1.54, 1.807) is 0 Å². The van der Waals surface area contributed by atoms with Crippen molar-refractivity contribution in [2.45, 2.75) is 6.42 Å². The summed E-state index contributed by atoms with van der Waals surface area (Å²) >= 11 is 1.97. The average molecular weight is 307 g/mol. The molecule has 2 heterocycles. The van der Waals surface area contributed by atoms with Crippen molar-refractivity contribution in [1.82, 2.24) is 4.90 Å². The van der Waals surface area contributed by atoms with Crippen molar-refractivity contribution in [1.29, 1.82) is 0 Å². The van der Waals surface area contributed by atoms with Crippen molar-refractivity contribution in [2.24, 2.45) is 10.7 Å². The average Bonchev–Trinajstić information content (AvgIpc) is 2.55. The lowest BCUT2D eigenvalue weighted by atomic mass is 10.1. The van der Waals surface area contributed by atoms with Crippen LogP contribution in [0.5, 0.6) is 11.5 Å². The number of ether oxygens (including phenoxy) is 2. The minimum Gasteiger partial charge on any atom is -0.486 e. The summed E-state index contributed by atoms with van der Waals surface area (Å²) in [6.45, 7) is 3.96. The van der Waals surface area contributed by atoms with Crippen LogP contribution in [0.3, 0.4) is 0 Å². The summed E-state index contributed by atoms with van der Waals surface area (Å²) in [6, 6.07) is 6.08. The standard InChI is InChI=1S/C15H21N3O2S/c16-15(18-5-9-21-10-6-18)17-4-3-12-1-2-13-14(11-12)20-8-7-19-13/h1-2,11H,3-10H2,(H2,16,17). The van der Waals surface area contributed by atoms with Gasteiger partial charge in [-0.2, -0.15) is 11.8 Å². The molecule has 114 valence electrons. The fourth-order valence-corrected chi connectivity index (χ4v) is 3.34. The lowest BCUT2D eigenvalue weighted by molar-refractivity contribution is 0.171. The number of nitrogens with zero attached hydrogens (tertiary/aromatic N) is 2. The number of nitrogens with two attached hydrogens (primary N) is 1. The molecule has 0 unspecified atom stereocenters. The lowest BCUT2D eigenvalue weighted by Crippen LogP contribution is -2.42. The van der Waals surface area contributed by atoms with Crippen LogP contribution in [0.4, 0.5) is 0 Å². The van der Waals surface area contributed by atoms with Crippen molar-refractivity contribution in [3.05, 3.63) is 23.8 Å². The molecule has 1 aromatic rings. The van der Waals surface area contributed by atoms with Crippen LogP contribution in [0, 0.1) is 0 Å². The quantitative estimate of drug-likeness (QED) is 0.675. The molecule has 1 aromatic carbocycles. The Hall–Kier alpha value is -1.56. The van der Waals surface area contributed by atoms with Gasteiger partial charge in [0.15, 0.2) is 17.5 Å². The Labute approximate surface area is 129 Å². The molecular formula is C15H21N3O2S. The molecule has 0 bridgehead atoms. The Morgan fingerprint density at radius 3 is 2.76 bits per heavy atom. The van der Waals surface area contributed by atoms with E-state index in [1.807, 2.05) is 23.9 Å². The van der Waals surface area contributed by atoms with Crippen LogP contribution < -0.4 is 15.2 Å². The van der Waals surface area contributed by atoms with Gasteiger partial charge in [0.1, 0.15) is 13.2 Å². The maximum Gasteiger partial charge on any atom is 0.191 e. The predicted molar refractivity (Wildman–Crippen MR) is 86.5 cm³/mol. The first-order chi connectivity index (χ1) is 10.3. The molecule has 0 aliphatic carbocycles. The zero-order valence-electron chi connectivity index (χ0n) is 12.1. The first-order valence-electron chi connectivity index (χ1n) is 7.34. The van der Waals surface area contributed by atoms with Gasteiger partial charge in [-0.25, -0.2) is 0 Å². The second-order valence-corrected chi connectivity index (χ2v) is 6.29. The highest BCUT2D eigenvalue weighted by Crippen LogP contribution is 2.30. The van der Waals surface area contributed by atoms with Crippen LogP contribution in [0.25, 0.3) is 0 Å². The van der Waals surface area contributed by atoms with E-state index in [-0.39, 0.29) is 0 Å². The minimum atomic E-state index is 0.620. The third-order valence-corrected chi connectivity index (χ3v) is 4.56. The first-order valence-corrected chi connectivity index (χ1v) is 8.49. The summed E-state index contributed by atoms with van der Waals surface area (Å²) < 4.78 is 11.1. The van der Waals surface area contributed by atoms with Gasteiger partial charge in [-0.1, -0.05) is 6.07 Å². The summed E-state index contributed by atoms with van der Waals surface area (Å²) in [6.07, 6.45) is 0.861. The Bertz CT molecular complexity index is 516. The molecule has 6 heteroatoms. The third kappa shape index (κ3) is 3.75. The second kappa shape index (κ2) is 6.93. The van der Waals surface area contributed by atoms with E-state index >= 15 is 0 Å². The van der Waals surface area contributed by atoms with Crippen molar-refractivity contribution in [3.63, 3.8) is 0 Å². The predicted octanol–water partition coefficient (Wildman–Crippen LogP) is 1.36. The molecule has 0 spiro atoms. The highest BCUT2D eigenvalue weighted by atomic mass is 32.2. The van der Waals surface area contributed by atoms with E-state index in [2.05, 4.69) is 16.0 Å². The van der Waals surface area contributed by atoms with Gasteiger partial charge in [0, 0.05) is 31.1 Å². The molecule has 0 atom stereocenters. The third-order valence-electron chi connectivity index (χ3n) is 3.62. The highest BCUT2D eigenvalue weighted by Gasteiger charge is 2.13. The van der Waals surface area contributed by atoms with E-state index in [0.717, 1.165) is 42.5 Å². The van der Waals surface area contributed by atoms with Crippen LogP contribution in [0.1, 0.15) is 5.56 Å². The van der Waals surface area contributed by atoms with E-state index in [9.17, 15) is 0 Å². The van der Waals surface area contributed by atoms with Gasteiger partial charge in [-0.3, -0.25) is 4.99 Å². The Morgan fingerprint density at radius 1 is 1.19 bits per heavy atom. The van der Waals surface area contributed by atoms with Gasteiger partial charge in [0.05, 0.1) is 0 Å². The normalized spacial score (nSPS) is 18.7. The molecule has 1 fully saturated rings. The summed E-state index contributed by atoms with van der Waals surface area (Å²) in [5.41, 5.74) is 7.24. The van der Waals surface area contributed by atoms with Crippen molar-refractivity contribution in [2.75, 3.05) is 44.4 Å². The molecule has 21 heavy (non-hydrogen) atoms. The van der Waals surface area contributed by atoms with Gasteiger partial charge < -0.3 is 20.1 Å². The summed E-state index contributed by atoms with van der Waals surface area (Å²) in [7, 11) is 0. The van der Waals surface area contributed by atoms with Crippen molar-refractivity contribution < 1.29 is 9.47 Å². The molecule has 0 radical (unpaired) electrons. The lowest BCUT2D eigenvalue weighted by Gasteiger charge is -2.27. The van der Waals surface area contributed by atoms with E-state index in [0.29, 0.717) is 25.7 Å². The zero-order chi connectivity index (χ0) is 14.5. The van der Waals surface area contributed by atoms with Gasteiger partial charge in [-0.15, -0.1) is 0 Å². The highest BCUT2D eigenvalue weighted by molar-refractivity contribution is 7.99. The Morgan fingerprint density at radius 2 is 1.95 bits per heavy atom. The molecule has 2 aliphatic heterocycles. The number of benzene rings is 1. The molecule has 0 saturated carbocycles. The Balaban J connectivity index is 1.54. The summed E-state index contributed by atoms with van der Waals surface area (Å²) in [5.74, 6) is 4.62. The van der Waals surface area contributed by atoms with Gasteiger partial charge >= 0.3 is 0 Å². The van der Waals surface area contributed by atoms with Gasteiger partial charge in [0.2, 0.25) is 0 Å². The SMILES string of the molecule is NC(=NCCc1ccc2c(c1)OCCO2)N1CCSCC1. The minimum absolute atomic E-state index is 0.620. The summed E-state index contributed by atoms with van der Waals surface area (Å²) in [4.78, 5) is 6.66. The molecule has 2 N–H and O–H groups in total.